The second-order valence-electron chi connectivity index (χ2n) is 5.05. The molecular weight excluding hydrogens is 286 g/mol. The molecule has 0 aromatic heterocycles. The summed E-state index contributed by atoms with van der Waals surface area (Å²) in [5.41, 5.74) is 2.74. The van der Waals surface area contributed by atoms with Crippen LogP contribution in [0.4, 0.5) is 0 Å². The number of benzene rings is 2. The lowest BCUT2D eigenvalue weighted by Gasteiger charge is -2.25. The normalized spacial score (nSPS) is 18.8. The zero-order chi connectivity index (χ0) is 13.9. The molecule has 2 unspecified atom stereocenters. The molecular formula is C17H18ClNS. The summed E-state index contributed by atoms with van der Waals surface area (Å²) in [7, 11) is 0. The highest BCUT2D eigenvalue weighted by molar-refractivity contribution is 7.99. The third-order valence-corrected chi connectivity index (χ3v) is 5.21. The van der Waals surface area contributed by atoms with Gasteiger partial charge < -0.3 is 5.32 Å². The van der Waals surface area contributed by atoms with Crippen LogP contribution in [-0.4, -0.2) is 12.3 Å². The van der Waals surface area contributed by atoms with E-state index in [0.29, 0.717) is 12.0 Å². The van der Waals surface area contributed by atoms with Gasteiger partial charge >= 0.3 is 0 Å². The lowest BCUT2D eigenvalue weighted by Crippen LogP contribution is -2.27. The molecule has 1 heterocycles. The van der Waals surface area contributed by atoms with Gasteiger partial charge in [0.25, 0.3) is 0 Å². The van der Waals surface area contributed by atoms with E-state index in [-0.39, 0.29) is 0 Å². The molecule has 104 valence electrons. The molecule has 1 aliphatic heterocycles. The molecule has 2 aromatic carbocycles. The summed E-state index contributed by atoms with van der Waals surface area (Å²) < 4.78 is 0. The first-order valence-corrected chi connectivity index (χ1v) is 8.36. The van der Waals surface area contributed by atoms with Gasteiger partial charge in [-0.15, -0.1) is 11.8 Å². The van der Waals surface area contributed by atoms with E-state index in [1.807, 2.05) is 23.9 Å². The maximum absolute atomic E-state index is 6.16. The van der Waals surface area contributed by atoms with Crippen LogP contribution >= 0.6 is 23.4 Å². The van der Waals surface area contributed by atoms with Gasteiger partial charge in [0, 0.05) is 27.6 Å². The lowest BCUT2D eigenvalue weighted by atomic mass is 9.88. The highest BCUT2D eigenvalue weighted by atomic mass is 35.5. The first-order chi connectivity index (χ1) is 9.79. The number of fused-ring (bicyclic) bond motifs is 1. The smallest absolute Gasteiger partial charge is 0.0409 e. The van der Waals surface area contributed by atoms with Crippen molar-refractivity contribution in [3.8, 4) is 0 Å². The largest absolute Gasteiger partial charge is 0.310 e. The Bertz CT molecular complexity index is 599. The number of hydrogen-bond acceptors (Lipinski definition) is 2. The van der Waals surface area contributed by atoms with E-state index in [2.05, 4.69) is 48.6 Å². The Hall–Kier alpha value is -0.960. The van der Waals surface area contributed by atoms with Crippen molar-refractivity contribution in [2.75, 3.05) is 12.3 Å². The predicted octanol–water partition coefficient (Wildman–Crippen LogP) is 4.88. The molecule has 0 fully saturated rings. The fourth-order valence-electron chi connectivity index (χ4n) is 2.88. The summed E-state index contributed by atoms with van der Waals surface area (Å²) >= 11 is 8.12. The summed E-state index contributed by atoms with van der Waals surface area (Å²) in [5.74, 6) is 1.64. The van der Waals surface area contributed by atoms with Crippen LogP contribution in [0.1, 0.15) is 30.0 Å². The van der Waals surface area contributed by atoms with Crippen molar-refractivity contribution in [3.05, 3.63) is 64.7 Å². The van der Waals surface area contributed by atoms with E-state index >= 15 is 0 Å². The Morgan fingerprint density at radius 3 is 2.90 bits per heavy atom. The van der Waals surface area contributed by atoms with E-state index in [1.54, 1.807) is 0 Å². The van der Waals surface area contributed by atoms with Crippen LogP contribution in [0.5, 0.6) is 0 Å². The average molecular weight is 304 g/mol. The van der Waals surface area contributed by atoms with Crippen LogP contribution in [0.2, 0.25) is 5.02 Å². The van der Waals surface area contributed by atoms with Crippen LogP contribution in [0.25, 0.3) is 0 Å². The second-order valence-corrected chi connectivity index (χ2v) is 6.54. The number of rotatable bonds is 4. The quantitative estimate of drug-likeness (QED) is 0.864. The van der Waals surface area contributed by atoms with Crippen molar-refractivity contribution in [2.24, 2.45) is 0 Å². The summed E-state index contributed by atoms with van der Waals surface area (Å²) in [6.07, 6.45) is 0. The van der Waals surface area contributed by atoms with Gasteiger partial charge in [0.2, 0.25) is 0 Å². The number of halogens is 1. The molecule has 3 rings (SSSR count). The minimum absolute atomic E-state index is 0.329. The maximum Gasteiger partial charge on any atom is 0.0409 e. The molecule has 0 aliphatic carbocycles. The zero-order valence-electron chi connectivity index (χ0n) is 11.5. The molecule has 1 aliphatic rings. The SMILES string of the molecule is CCNC(c1cccc(Cl)c1)C1CSc2ccccc21. The van der Waals surface area contributed by atoms with Gasteiger partial charge in [-0.3, -0.25) is 0 Å². The maximum atomic E-state index is 6.16. The molecule has 0 saturated carbocycles. The molecule has 2 aromatic rings. The van der Waals surface area contributed by atoms with Crippen LogP contribution in [-0.2, 0) is 0 Å². The van der Waals surface area contributed by atoms with Crippen molar-refractivity contribution < 1.29 is 0 Å². The van der Waals surface area contributed by atoms with Crippen molar-refractivity contribution in [2.45, 2.75) is 23.8 Å². The number of likely N-dealkylation sites (N-methyl/N-ethyl adjacent to an activating group) is 1. The highest BCUT2D eigenvalue weighted by Crippen LogP contribution is 2.45. The van der Waals surface area contributed by atoms with Crippen LogP contribution in [0, 0.1) is 0 Å². The fraction of sp³-hybridized carbons (Fsp3) is 0.294. The van der Waals surface area contributed by atoms with Gasteiger partial charge in [-0.05, 0) is 35.9 Å². The molecule has 0 amide bonds. The Labute approximate surface area is 129 Å². The van der Waals surface area contributed by atoms with Gasteiger partial charge in [0.1, 0.15) is 0 Å². The lowest BCUT2D eigenvalue weighted by molar-refractivity contribution is 0.485. The molecule has 1 nitrogen and oxygen atoms in total. The van der Waals surface area contributed by atoms with E-state index < -0.39 is 0 Å². The van der Waals surface area contributed by atoms with E-state index in [0.717, 1.165) is 17.3 Å². The number of thioether (sulfide) groups is 1. The molecule has 0 saturated heterocycles. The van der Waals surface area contributed by atoms with Crippen molar-refractivity contribution in [1.82, 2.24) is 5.32 Å². The molecule has 0 bridgehead atoms. The zero-order valence-corrected chi connectivity index (χ0v) is 13.0. The van der Waals surface area contributed by atoms with Crippen molar-refractivity contribution in [1.29, 1.82) is 0 Å². The average Bonchev–Trinajstić information content (AvgIpc) is 2.88. The van der Waals surface area contributed by atoms with Crippen LogP contribution < -0.4 is 5.32 Å². The molecule has 3 heteroatoms. The van der Waals surface area contributed by atoms with Crippen LogP contribution in [0.15, 0.2) is 53.4 Å². The minimum Gasteiger partial charge on any atom is -0.310 e. The van der Waals surface area contributed by atoms with Crippen molar-refractivity contribution in [3.63, 3.8) is 0 Å². The standard InChI is InChI=1S/C17H18ClNS/c1-2-19-17(12-6-5-7-13(18)10-12)15-11-20-16-9-4-3-8-14(15)16/h3-10,15,17,19H,2,11H2,1H3. The summed E-state index contributed by atoms with van der Waals surface area (Å²) in [5, 5.41) is 4.45. The molecule has 1 N–H and O–H groups in total. The topological polar surface area (TPSA) is 12.0 Å². The monoisotopic (exact) mass is 303 g/mol. The summed E-state index contributed by atoms with van der Waals surface area (Å²) in [6.45, 7) is 3.12. The van der Waals surface area contributed by atoms with Gasteiger partial charge in [-0.25, -0.2) is 0 Å². The molecule has 20 heavy (non-hydrogen) atoms. The first-order valence-electron chi connectivity index (χ1n) is 7.00. The second kappa shape index (κ2) is 6.21. The van der Waals surface area contributed by atoms with Gasteiger partial charge in [-0.2, -0.15) is 0 Å². The summed E-state index contributed by atoms with van der Waals surface area (Å²) in [6, 6.07) is 17.3. The predicted molar refractivity (Wildman–Crippen MR) is 87.8 cm³/mol. The third kappa shape index (κ3) is 2.73. The minimum atomic E-state index is 0.329. The molecule has 2 atom stereocenters. The molecule has 0 spiro atoms. The number of hydrogen-bond donors (Lipinski definition) is 1. The van der Waals surface area contributed by atoms with E-state index in [9.17, 15) is 0 Å². The van der Waals surface area contributed by atoms with E-state index in [4.69, 9.17) is 11.6 Å². The first kappa shape index (κ1) is 14.0. The Balaban J connectivity index is 1.96. The molecule has 0 radical (unpaired) electrons. The van der Waals surface area contributed by atoms with Gasteiger partial charge in [0.05, 0.1) is 0 Å². The van der Waals surface area contributed by atoms with E-state index in [1.165, 1.54) is 16.0 Å². The third-order valence-electron chi connectivity index (χ3n) is 3.77. The van der Waals surface area contributed by atoms with Crippen molar-refractivity contribution >= 4 is 23.4 Å². The fourth-order valence-corrected chi connectivity index (χ4v) is 4.37. The van der Waals surface area contributed by atoms with Crippen LogP contribution in [0.3, 0.4) is 0 Å². The van der Waals surface area contributed by atoms with Gasteiger partial charge in [0.15, 0.2) is 0 Å². The number of nitrogens with one attached hydrogen (secondary N) is 1. The summed E-state index contributed by atoms with van der Waals surface area (Å²) in [4.78, 5) is 1.42. The highest BCUT2D eigenvalue weighted by Gasteiger charge is 2.30. The van der Waals surface area contributed by atoms with Gasteiger partial charge in [-0.1, -0.05) is 48.9 Å². The Kier molecular flexibility index (Phi) is 4.35. The Morgan fingerprint density at radius 2 is 2.10 bits per heavy atom. The Morgan fingerprint density at radius 1 is 1.25 bits per heavy atom.